The highest BCUT2D eigenvalue weighted by Crippen LogP contribution is 2.14. The Morgan fingerprint density at radius 3 is 2.42 bits per heavy atom. The fourth-order valence-corrected chi connectivity index (χ4v) is 0.486. The van der Waals surface area contributed by atoms with Crippen LogP contribution in [-0.4, -0.2) is 17.9 Å². The van der Waals surface area contributed by atoms with E-state index in [1.165, 1.54) is 0 Å². The molecule has 0 fully saturated rings. The highest BCUT2D eigenvalue weighted by Gasteiger charge is 2.21. The van der Waals surface area contributed by atoms with Crippen LogP contribution in [0.25, 0.3) is 0 Å². The van der Waals surface area contributed by atoms with E-state index >= 15 is 0 Å². The molecule has 0 saturated carbocycles. The third-order valence-corrected chi connectivity index (χ3v) is 1.51. The van der Waals surface area contributed by atoms with Crippen LogP contribution in [0.1, 0.15) is 34.1 Å². The van der Waals surface area contributed by atoms with E-state index < -0.39 is 11.8 Å². The molecule has 0 saturated heterocycles. The van der Waals surface area contributed by atoms with Gasteiger partial charge in [-0.1, -0.05) is 6.92 Å². The molecule has 3 heteroatoms. The summed E-state index contributed by atoms with van der Waals surface area (Å²) < 4.78 is 9.71. The van der Waals surface area contributed by atoms with Crippen LogP contribution in [0.4, 0.5) is 4.79 Å². The smallest absolute Gasteiger partial charge is 0.431 e. The Kier molecular flexibility index (Phi) is 4.07. The first-order valence-electron chi connectivity index (χ1n) is 4.10. The molecule has 0 bridgehead atoms. The second kappa shape index (κ2) is 4.33. The fraction of sp³-hybridized carbons (Fsp3) is 0.778. The van der Waals surface area contributed by atoms with E-state index in [1.54, 1.807) is 6.92 Å². The lowest BCUT2D eigenvalue weighted by atomic mass is 10.1. The summed E-state index contributed by atoms with van der Waals surface area (Å²) in [6, 6.07) is 0. The van der Waals surface area contributed by atoms with Crippen LogP contribution < -0.4 is 0 Å². The lowest BCUT2D eigenvalue weighted by Gasteiger charge is -2.23. The van der Waals surface area contributed by atoms with Crippen molar-refractivity contribution in [2.45, 2.75) is 45.8 Å². The van der Waals surface area contributed by atoms with Crippen molar-refractivity contribution in [1.82, 2.24) is 0 Å². The average Bonchev–Trinajstić information content (AvgIpc) is 1.84. The molecule has 0 aliphatic carbocycles. The van der Waals surface area contributed by atoms with E-state index in [0.717, 1.165) is 6.42 Å². The van der Waals surface area contributed by atoms with E-state index in [1.807, 2.05) is 20.8 Å². The monoisotopic (exact) mass is 173 g/mol. The van der Waals surface area contributed by atoms with Crippen LogP contribution in [-0.2, 0) is 9.47 Å². The van der Waals surface area contributed by atoms with Crippen LogP contribution in [0, 0.1) is 6.92 Å². The van der Waals surface area contributed by atoms with E-state index in [9.17, 15) is 4.79 Å². The molecule has 3 nitrogen and oxygen atoms in total. The van der Waals surface area contributed by atoms with E-state index in [0.29, 0.717) is 0 Å². The van der Waals surface area contributed by atoms with E-state index in [-0.39, 0.29) is 6.10 Å². The number of rotatable bonds is 3. The lowest BCUT2D eigenvalue weighted by Crippen LogP contribution is -2.28. The summed E-state index contributed by atoms with van der Waals surface area (Å²) in [5.41, 5.74) is -0.452. The van der Waals surface area contributed by atoms with Crippen LogP contribution >= 0.6 is 0 Å². The van der Waals surface area contributed by atoms with Gasteiger partial charge in [-0.05, 0) is 34.1 Å². The molecule has 71 valence electrons. The van der Waals surface area contributed by atoms with Gasteiger partial charge in [0.2, 0.25) is 0 Å². The molecule has 0 aromatic carbocycles. The highest BCUT2D eigenvalue weighted by atomic mass is 16.7. The van der Waals surface area contributed by atoms with Crippen molar-refractivity contribution in [2.24, 2.45) is 0 Å². The first-order valence-corrected chi connectivity index (χ1v) is 4.10. The van der Waals surface area contributed by atoms with Gasteiger partial charge in [0.15, 0.2) is 0 Å². The normalized spacial score (nSPS) is 11.5. The molecule has 0 aromatic heterocycles. The van der Waals surface area contributed by atoms with Crippen LogP contribution in [0.5, 0.6) is 0 Å². The van der Waals surface area contributed by atoms with Crippen molar-refractivity contribution < 1.29 is 14.3 Å². The van der Waals surface area contributed by atoms with Gasteiger partial charge in [0.1, 0.15) is 11.7 Å². The average molecular weight is 173 g/mol. The summed E-state index contributed by atoms with van der Waals surface area (Å²) in [5, 5.41) is 0. The molecular formula is C9H17O3. The molecule has 1 radical (unpaired) electrons. The summed E-state index contributed by atoms with van der Waals surface area (Å²) in [7, 11) is 0. The summed E-state index contributed by atoms with van der Waals surface area (Å²) in [6.07, 6.45) is -0.261. The van der Waals surface area contributed by atoms with E-state index in [2.05, 4.69) is 6.92 Å². The second-order valence-corrected chi connectivity index (χ2v) is 3.39. The maximum Gasteiger partial charge on any atom is 0.509 e. The zero-order chi connectivity index (χ0) is 9.78. The summed E-state index contributed by atoms with van der Waals surface area (Å²) >= 11 is 0. The molecule has 0 spiro atoms. The largest absolute Gasteiger partial charge is 0.509 e. The molecule has 1 atom stereocenters. The summed E-state index contributed by atoms with van der Waals surface area (Å²) in [5.74, 6) is 0. The molecule has 0 aromatic rings. The van der Waals surface area contributed by atoms with Crippen molar-refractivity contribution in [3.05, 3.63) is 6.92 Å². The van der Waals surface area contributed by atoms with Gasteiger partial charge in [-0.2, -0.15) is 0 Å². The molecule has 0 aliphatic rings. The molecule has 12 heavy (non-hydrogen) atoms. The Morgan fingerprint density at radius 2 is 2.08 bits per heavy atom. The van der Waals surface area contributed by atoms with Gasteiger partial charge >= 0.3 is 6.16 Å². The predicted octanol–water partition coefficient (Wildman–Crippen LogP) is 2.55. The minimum absolute atomic E-state index is 0.370. The Bertz CT molecular complexity index is 150. The minimum Gasteiger partial charge on any atom is -0.431 e. The van der Waals surface area contributed by atoms with Crippen LogP contribution in [0.2, 0.25) is 0 Å². The van der Waals surface area contributed by atoms with Crippen LogP contribution in [0.3, 0.4) is 0 Å². The molecule has 0 amide bonds. The molecule has 0 N–H and O–H groups in total. The van der Waals surface area contributed by atoms with Crippen LogP contribution in [0.15, 0.2) is 0 Å². The second-order valence-electron chi connectivity index (χ2n) is 3.39. The number of ether oxygens (including phenoxy) is 2. The van der Waals surface area contributed by atoms with Crippen molar-refractivity contribution in [3.63, 3.8) is 0 Å². The number of hydrogen-bond donors (Lipinski definition) is 0. The maximum atomic E-state index is 10.9. The molecule has 0 unspecified atom stereocenters. The molecular weight excluding hydrogens is 156 g/mol. The maximum absolute atomic E-state index is 10.9. The zero-order valence-corrected chi connectivity index (χ0v) is 8.22. The van der Waals surface area contributed by atoms with E-state index in [4.69, 9.17) is 9.47 Å². The van der Waals surface area contributed by atoms with Crippen molar-refractivity contribution in [2.75, 3.05) is 0 Å². The van der Waals surface area contributed by atoms with Gasteiger partial charge in [-0.3, -0.25) is 0 Å². The predicted molar refractivity (Wildman–Crippen MR) is 46.8 cm³/mol. The first kappa shape index (κ1) is 11.3. The highest BCUT2D eigenvalue weighted by molar-refractivity contribution is 5.60. The molecule has 0 heterocycles. The van der Waals surface area contributed by atoms with Crippen molar-refractivity contribution in [1.29, 1.82) is 0 Å². The third kappa shape index (κ3) is 4.99. The third-order valence-electron chi connectivity index (χ3n) is 1.51. The van der Waals surface area contributed by atoms with Gasteiger partial charge in [-0.25, -0.2) is 4.79 Å². The Morgan fingerprint density at radius 1 is 1.58 bits per heavy atom. The minimum atomic E-state index is -0.649. The van der Waals surface area contributed by atoms with Gasteiger partial charge in [-0.15, -0.1) is 0 Å². The number of hydrogen-bond acceptors (Lipinski definition) is 3. The SMILES string of the molecule is [CH2][C@@H](C)OC(=O)OC(C)(C)CC. The quantitative estimate of drug-likeness (QED) is 0.615. The Labute approximate surface area is 74.0 Å². The molecule has 0 aliphatic heterocycles. The van der Waals surface area contributed by atoms with Gasteiger partial charge in [0.05, 0.1) is 0 Å². The van der Waals surface area contributed by atoms with Gasteiger partial charge in [0, 0.05) is 0 Å². The summed E-state index contributed by atoms with van der Waals surface area (Å²) in [4.78, 5) is 10.9. The number of carbonyl (C=O) groups excluding carboxylic acids is 1. The topological polar surface area (TPSA) is 35.5 Å². The summed E-state index contributed by atoms with van der Waals surface area (Å²) in [6.45, 7) is 10.8. The number of carbonyl (C=O) groups is 1. The van der Waals surface area contributed by atoms with Crippen molar-refractivity contribution in [3.8, 4) is 0 Å². The van der Waals surface area contributed by atoms with Gasteiger partial charge < -0.3 is 9.47 Å². The van der Waals surface area contributed by atoms with Gasteiger partial charge in [0.25, 0.3) is 0 Å². The Balaban J connectivity index is 3.84. The first-order chi connectivity index (χ1) is 5.37. The zero-order valence-electron chi connectivity index (χ0n) is 8.22. The standard InChI is InChI=1S/C9H17O3/c1-6-9(4,5)12-8(10)11-7(2)3/h7H,2,6H2,1,3-5H3/t7-/m0/s1. The Hall–Kier alpha value is -0.730. The fourth-order valence-electron chi connectivity index (χ4n) is 0.486. The molecule has 0 rings (SSSR count). The van der Waals surface area contributed by atoms with Crippen molar-refractivity contribution >= 4 is 6.16 Å². The lowest BCUT2D eigenvalue weighted by molar-refractivity contribution is -0.0259.